The van der Waals surface area contributed by atoms with Crippen molar-refractivity contribution in [2.24, 2.45) is 5.92 Å². The van der Waals surface area contributed by atoms with Gasteiger partial charge < -0.3 is 9.73 Å². The van der Waals surface area contributed by atoms with Gasteiger partial charge in [0.2, 0.25) is 0 Å². The summed E-state index contributed by atoms with van der Waals surface area (Å²) in [5, 5.41) is 3.32. The highest BCUT2D eigenvalue weighted by Crippen LogP contribution is 2.47. The number of anilines is 1. The lowest BCUT2D eigenvalue weighted by atomic mass is 10.2. The molecule has 2 unspecified atom stereocenters. The molecule has 0 spiro atoms. The Morgan fingerprint density at radius 2 is 2.05 bits per heavy atom. The van der Waals surface area contributed by atoms with E-state index in [1.807, 2.05) is 6.07 Å². The maximum atomic E-state index is 5.98. The number of nitrogens with zero attached hydrogens (tertiary/aromatic N) is 2. The quantitative estimate of drug-likeness (QED) is 0.896. The van der Waals surface area contributed by atoms with Crippen molar-refractivity contribution in [3.63, 3.8) is 0 Å². The second-order valence-corrected chi connectivity index (χ2v) is 5.87. The van der Waals surface area contributed by atoms with Crippen LogP contribution in [0.1, 0.15) is 50.1 Å². The molecule has 1 N–H and O–H groups in total. The summed E-state index contributed by atoms with van der Waals surface area (Å²) < 4.78 is 5.98. The number of nitrogens with one attached hydrogen (secondary N) is 1. The molecule has 4 nitrogen and oxygen atoms in total. The molecule has 2 atom stereocenters. The molecule has 3 rings (SSSR count). The first-order valence-electron chi connectivity index (χ1n) is 7.85. The van der Waals surface area contributed by atoms with E-state index < -0.39 is 0 Å². The van der Waals surface area contributed by atoms with Gasteiger partial charge in [0.05, 0.1) is 0 Å². The summed E-state index contributed by atoms with van der Waals surface area (Å²) in [5.41, 5.74) is 2.21. The molecule has 21 heavy (non-hydrogen) atoms. The number of aryl methyl sites for hydroxylation is 1. The Balaban J connectivity index is 1.97. The Morgan fingerprint density at radius 3 is 2.67 bits per heavy atom. The fourth-order valence-electron chi connectivity index (χ4n) is 2.75. The number of hydrogen-bond acceptors (Lipinski definition) is 4. The van der Waals surface area contributed by atoms with Crippen LogP contribution in [0.25, 0.3) is 11.6 Å². The van der Waals surface area contributed by atoms with E-state index in [0.717, 1.165) is 47.5 Å². The van der Waals surface area contributed by atoms with E-state index in [1.54, 1.807) is 0 Å². The van der Waals surface area contributed by atoms with Gasteiger partial charge in [-0.15, -0.1) is 0 Å². The van der Waals surface area contributed by atoms with Crippen LogP contribution in [0.3, 0.4) is 0 Å². The monoisotopic (exact) mass is 285 g/mol. The summed E-state index contributed by atoms with van der Waals surface area (Å²) in [6, 6.07) is 4.07. The number of aromatic nitrogens is 2. The van der Waals surface area contributed by atoms with Crippen LogP contribution in [0.4, 0.5) is 5.82 Å². The van der Waals surface area contributed by atoms with Crippen molar-refractivity contribution >= 4 is 5.82 Å². The molecular weight excluding hydrogens is 262 g/mol. The van der Waals surface area contributed by atoms with E-state index in [1.165, 1.54) is 6.42 Å². The summed E-state index contributed by atoms with van der Waals surface area (Å²) in [5.74, 6) is 4.78. The fourth-order valence-corrected chi connectivity index (χ4v) is 2.75. The first kappa shape index (κ1) is 14.1. The van der Waals surface area contributed by atoms with E-state index in [4.69, 9.17) is 4.42 Å². The van der Waals surface area contributed by atoms with Crippen LogP contribution in [-0.4, -0.2) is 16.5 Å². The summed E-state index contributed by atoms with van der Waals surface area (Å²) in [7, 11) is 0. The smallest absolute Gasteiger partial charge is 0.197 e. The van der Waals surface area contributed by atoms with Crippen molar-refractivity contribution in [1.82, 2.24) is 9.97 Å². The highest BCUT2D eigenvalue weighted by molar-refractivity contribution is 5.55. The minimum absolute atomic E-state index is 0.586. The molecular formula is C17H23N3O. The molecule has 0 aromatic carbocycles. The number of furan rings is 1. The van der Waals surface area contributed by atoms with Gasteiger partial charge in [-0.05, 0) is 44.7 Å². The van der Waals surface area contributed by atoms with Crippen molar-refractivity contribution in [2.45, 2.75) is 46.5 Å². The molecule has 112 valence electrons. The second kappa shape index (κ2) is 5.51. The van der Waals surface area contributed by atoms with Crippen LogP contribution in [-0.2, 0) is 6.42 Å². The Morgan fingerprint density at radius 1 is 1.29 bits per heavy atom. The Hall–Kier alpha value is -1.84. The SMILES string of the molecule is CCNc1nc(-c2ccc(C3CC3C)o2)nc(CC)c1C. The normalized spacial score (nSPS) is 20.6. The molecule has 4 heteroatoms. The highest BCUT2D eigenvalue weighted by Gasteiger charge is 2.36. The molecule has 1 fully saturated rings. The molecule has 0 amide bonds. The van der Waals surface area contributed by atoms with Gasteiger partial charge in [-0.1, -0.05) is 13.8 Å². The van der Waals surface area contributed by atoms with Gasteiger partial charge in [0.1, 0.15) is 11.6 Å². The number of hydrogen-bond donors (Lipinski definition) is 1. The second-order valence-electron chi connectivity index (χ2n) is 5.87. The predicted molar refractivity (Wildman–Crippen MR) is 84.5 cm³/mol. The number of rotatable bonds is 5. The first-order valence-corrected chi connectivity index (χ1v) is 7.85. The Bertz CT molecular complexity index is 647. The summed E-state index contributed by atoms with van der Waals surface area (Å²) in [6.07, 6.45) is 2.12. The molecule has 0 saturated heterocycles. The van der Waals surface area contributed by atoms with Gasteiger partial charge in [-0.2, -0.15) is 0 Å². The van der Waals surface area contributed by atoms with Crippen molar-refractivity contribution in [3.8, 4) is 11.6 Å². The van der Waals surface area contributed by atoms with Crippen LogP contribution in [0.5, 0.6) is 0 Å². The van der Waals surface area contributed by atoms with Crippen molar-refractivity contribution < 1.29 is 4.42 Å². The predicted octanol–water partition coefficient (Wildman–Crippen LogP) is 4.16. The van der Waals surface area contributed by atoms with Crippen LogP contribution in [0, 0.1) is 12.8 Å². The molecule has 1 aliphatic rings. The molecule has 0 bridgehead atoms. The van der Waals surface area contributed by atoms with Gasteiger partial charge in [-0.25, -0.2) is 9.97 Å². The standard InChI is InChI=1S/C17H23N3O/c1-5-13-11(4)16(18-6-2)20-17(19-13)15-8-7-14(21-15)12-9-10(12)3/h7-8,10,12H,5-6,9H2,1-4H3,(H,18,19,20). The minimum atomic E-state index is 0.586. The lowest BCUT2D eigenvalue weighted by molar-refractivity contribution is 0.514. The van der Waals surface area contributed by atoms with Crippen LogP contribution in [0.15, 0.2) is 16.5 Å². The van der Waals surface area contributed by atoms with Crippen molar-refractivity contribution in [1.29, 1.82) is 0 Å². The topological polar surface area (TPSA) is 51.0 Å². The van der Waals surface area contributed by atoms with E-state index >= 15 is 0 Å². The van der Waals surface area contributed by atoms with Crippen molar-refractivity contribution in [3.05, 3.63) is 29.2 Å². The summed E-state index contributed by atoms with van der Waals surface area (Å²) >= 11 is 0. The van der Waals surface area contributed by atoms with Crippen LogP contribution in [0.2, 0.25) is 0 Å². The van der Waals surface area contributed by atoms with Gasteiger partial charge in [0.25, 0.3) is 0 Å². The third-order valence-corrected chi connectivity index (χ3v) is 4.25. The van der Waals surface area contributed by atoms with Crippen LogP contribution >= 0.6 is 0 Å². The summed E-state index contributed by atoms with van der Waals surface area (Å²) in [4.78, 5) is 9.31. The lowest BCUT2D eigenvalue weighted by Gasteiger charge is -2.11. The highest BCUT2D eigenvalue weighted by atomic mass is 16.3. The molecule has 2 aromatic rings. The van der Waals surface area contributed by atoms with Gasteiger partial charge in [-0.3, -0.25) is 0 Å². The maximum Gasteiger partial charge on any atom is 0.197 e. The minimum Gasteiger partial charge on any atom is -0.457 e. The average Bonchev–Trinajstić information content (AvgIpc) is 3.02. The Kier molecular flexibility index (Phi) is 3.70. The van der Waals surface area contributed by atoms with E-state index in [2.05, 4.69) is 49.0 Å². The van der Waals surface area contributed by atoms with E-state index in [-0.39, 0.29) is 0 Å². The third kappa shape index (κ3) is 2.67. The average molecular weight is 285 g/mol. The van der Waals surface area contributed by atoms with Crippen LogP contribution < -0.4 is 5.32 Å². The molecule has 1 aliphatic carbocycles. The lowest BCUT2D eigenvalue weighted by Crippen LogP contribution is -2.07. The zero-order valence-electron chi connectivity index (χ0n) is 13.2. The van der Waals surface area contributed by atoms with Gasteiger partial charge >= 0.3 is 0 Å². The Labute approximate surface area is 126 Å². The summed E-state index contributed by atoms with van der Waals surface area (Å²) in [6.45, 7) is 9.37. The fraction of sp³-hybridized carbons (Fsp3) is 0.529. The van der Waals surface area contributed by atoms with E-state index in [9.17, 15) is 0 Å². The zero-order chi connectivity index (χ0) is 15.0. The van der Waals surface area contributed by atoms with Gasteiger partial charge in [0, 0.05) is 23.7 Å². The van der Waals surface area contributed by atoms with Crippen molar-refractivity contribution in [2.75, 3.05) is 11.9 Å². The largest absolute Gasteiger partial charge is 0.457 e. The molecule has 1 saturated carbocycles. The van der Waals surface area contributed by atoms with E-state index in [0.29, 0.717) is 11.7 Å². The molecule has 2 aromatic heterocycles. The zero-order valence-corrected chi connectivity index (χ0v) is 13.2. The molecule has 0 radical (unpaired) electrons. The molecule has 0 aliphatic heterocycles. The third-order valence-electron chi connectivity index (χ3n) is 4.25. The molecule has 2 heterocycles. The van der Waals surface area contributed by atoms with Gasteiger partial charge in [0.15, 0.2) is 11.6 Å². The maximum absolute atomic E-state index is 5.98. The first-order chi connectivity index (χ1) is 10.1.